The standard InChI is InChI=1S/C27H25O2P.BrH/c1-29-27(28)30(24-16-8-3-9-17-24,25-18-10-4-11-19-25,26-20-12-5-13-21-26)22-23-14-6-2-7-15-23;/h2-21H,22H2,1H3;1H. The molecule has 0 saturated carbocycles. The Morgan fingerprint density at radius 2 is 0.935 bits per heavy atom. The van der Waals surface area contributed by atoms with Crippen molar-refractivity contribution >= 4 is 45.2 Å². The fourth-order valence-corrected chi connectivity index (χ4v) is 10.6. The summed E-state index contributed by atoms with van der Waals surface area (Å²) in [5.41, 5.74) is 0.936. The Labute approximate surface area is 194 Å². The van der Waals surface area contributed by atoms with Gasteiger partial charge in [0.2, 0.25) is 0 Å². The van der Waals surface area contributed by atoms with Crippen molar-refractivity contribution in [2.45, 2.75) is 6.16 Å². The first kappa shape index (κ1) is 22.9. The zero-order chi connectivity index (χ0) is 20.9. The van der Waals surface area contributed by atoms with E-state index in [0.717, 1.165) is 21.5 Å². The number of benzene rings is 4. The summed E-state index contributed by atoms with van der Waals surface area (Å²) in [6.45, 7) is -3.70. The van der Waals surface area contributed by atoms with Crippen LogP contribution in [0.15, 0.2) is 121 Å². The SMILES string of the molecule is Br.COC(=O)P(Cc1ccccc1)(c1ccccc1)(c1ccccc1)c1ccccc1. The van der Waals surface area contributed by atoms with Crippen LogP contribution in [0.3, 0.4) is 0 Å². The second kappa shape index (κ2) is 9.60. The van der Waals surface area contributed by atoms with Gasteiger partial charge in [0.05, 0.1) is 0 Å². The van der Waals surface area contributed by atoms with E-state index in [-0.39, 0.29) is 22.7 Å². The van der Waals surface area contributed by atoms with Crippen LogP contribution in [-0.2, 0) is 10.9 Å². The molecule has 4 aromatic carbocycles. The number of halogens is 1. The van der Waals surface area contributed by atoms with Gasteiger partial charge in [-0.05, 0) is 0 Å². The zero-order valence-electron chi connectivity index (χ0n) is 17.4. The molecular weight excluding hydrogens is 467 g/mol. The Hall–Kier alpha value is -2.74. The molecule has 4 aromatic rings. The third kappa shape index (κ3) is 3.63. The number of hydrogen-bond donors (Lipinski definition) is 0. The molecule has 0 unspecified atom stereocenters. The van der Waals surface area contributed by atoms with E-state index in [1.54, 1.807) is 0 Å². The number of carbonyl (C=O) groups is 1. The summed E-state index contributed by atoms with van der Waals surface area (Å²) in [6.07, 6.45) is 0.567. The van der Waals surface area contributed by atoms with Crippen LogP contribution in [0.1, 0.15) is 5.56 Å². The fraction of sp³-hybridized carbons (Fsp3) is 0.0741. The van der Waals surface area contributed by atoms with Crippen LogP contribution >= 0.6 is 23.6 Å². The van der Waals surface area contributed by atoms with Crippen molar-refractivity contribution in [2.75, 3.05) is 7.11 Å². The van der Waals surface area contributed by atoms with Crippen molar-refractivity contribution in [1.29, 1.82) is 0 Å². The van der Waals surface area contributed by atoms with Crippen LogP contribution in [0.2, 0.25) is 0 Å². The molecule has 4 heteroatoms. The predicted octanol–water partition coefficient (Wildman–Crippen LogP) is 6.06. The first-order valence-corrected chi connectivity index (χ1v) is 12.4. The van der Waals surface area contributed by atoms with Gasteiger partial charge in [0.1, 0.15) is 0 Å². The molecule has 31 heavy (non-hydrogen) atoms. The third-order valence-electron chi connectivity index (χ3n) is 5.90. The first-order chi connectivity index (χ1) is 14.7. The van der Waals surface area contributed by atoms with Crippen LogP contribution < -0.4 is 15.9 Å². The van der Waals surface area contributed by atoms with Crippen LogP contribution in [0.4, 0.5) is 4.79 Å². The van der Waals surface area contributed by atoms with Gasteiger partial charge in [0.25, 0.3) is 0 Å². The summed E-state index contributed by atoms with van der Waals surface area (Å²) in [5.74, 6) is 0. The molecule has 0 aliphatic carbocycles. The van der Waals surface area contributed by atoms with Gasteiger partial charge in [0.15, 0.2) is 0 Å². The summed E-state index contributed by atoms with van der Waals surface area (Å²) in [4.78, 5) is 14.2. The van der Waals surface area contributed by atoms with Crippen LogP contribution in [0, 0.1) is 0 Å². The van der Waals surface area contributed by atoms with E-state index in [1.165, 1.54) is 7.11 Å². The molecule has 0 saturated heterocycles. The average Bonchev–Trinajstić information content (AvgIpc) is 2.84. The average molecular weight is 493 g/mol. The van der Waals surface area contributed by atoms with Crippen molar-refractivity contribution in [2.24, 2.45) is 0 Å². The number of hydrogen-bond acceptors (Lipinski definition) is 2. The Bertz CT molecular complexity index is 1020. The maximum atomic E-state index is 14.2. The molecule has 4 rings (SSSR count). The zero-order valence-corrected chi connectivity index (χ0v) is 20.0. The van der Waals surface area contributed by atoms with Crippen LogP contribution in [0.5, 0.6) is 0 Å². The summed E-state index contributed by atoms with van der Waals surface area (Å²) < 4.78 is 5.67. The van der Waals surface area contributed by atoms with Gasteiger partial charge in [0, 0.05) is 0 Å². The number of ether oxygens (including phenoxy) is 1. The van der Waals surface area contributed by atoms with Crippen molar-refractivity contribution < 1.29 is 9.53 Å². The molecule has 0 bridgehead atoms. The Morgan fingerprint density at radius 1 is 0.613 bits per heavy atom. The summed E-state index contributed by atoms with van der Waals surface area (Å²) in [5, 5.41) is 3.03. The molecule has 2 nitrogen and oxygen atoms in total. The van der Waals surface area contributed by atoms with E-state index in [4.69, 9.17) is 4.74 Å². The van der Waals surface area contributed by atoms with E-state index >= 15 is 0 Å². The first-order valence-electron chi connectivity index (χ1n) is 10.0. The van der Waals surface area contributed by atoms with E-state index in [0.29, 0.717) is 6.16 Å². The second-order valence-corrected chi connectivity index (χ2v) is 12.3. The van der Waals surface area contributed by atoms with Gasteiger partial charge in [-0.3, -0.25) is 0 Å². The molecule has 0 N–H and O–H groups in total. The Morgan fingerprint density at radius 3 is 1.26 bits per heavy atom. The Kier molecular flexibility index (Phi) is 7.10. The van der Waals surface area contributed by atoms with Crippen LogP contribution in [0.25, 0.3) is 0 Å². The van der Waals surface area contributed by atoms with Gasteiger partial charge in [-0.1, -0.05) is 0 Å². The third-order valence-corrected chi connectivity index (χ3v) is 12.2. The van der Waals surface area contributed by atoms with E-state index in [9.17, 15) is 4.79 Å². The number of rotatable bonds is 6. The van der Waals surface area contributed by atoms with Crippen molar-refractivity contribution in [3.63, 3.8) is 0 Å². The molecule has 0 heterocycles. The van der Waals surface area contributed by atoms with E-state index in [1.807, 2.05) is 72.8 Å². The molecule has 0 aliphatic heterocycles. The topological polar surface area (TPSA) is 26.3 Å². The minimum atomic E-state index is -3.70. The molecule has 0 aliphatic rings. The second-order valence-electron chi connectivity index (χ2n) is 7.42. The van der Waals surface area contributed by atoms with Gasteiger partial charge in [-0.2, -0.15) is 0 Å². The summed E-state index contributed by atoms with van der Waals surface area (Å²) in [6, 6.07) is 40.8. The molecule has 0 spiro atoms. The number of carbonyl (C=O) groups excluding carboxylic acids is 1. The molecule has 0 amide bonds. The molecule has 158 valence electrons. The van der Waals surface area contributed by atoms with Crippen LogP contribution in [-0.4, -0.2) is 12.8 Å². The summed E-state index contributed by atoms with van der Waals surface area (Å²) in [7, 11) is 1.50. The molecule has 0 atom stereocenters. The van der Waals surface area contributed by atoms with Crippen molar-refractivity contribution in [1.82, 2.24) is 0 Å². The van der Waals surface area contributed by atoms with Gasteiger partial charge in [-0.25, -0.2) is 0 Å². The Balaban J connectivity index is 0.00000272. The van der Waals surface area contributed by atoms with E-state index < -0.39 is 6.60 Å². The maximum absolute atomic E-state index is 14.2. The van der Waals surface area contributed by atoms with E-state index in [2.05, 4.69) is 48.5 Å². The van der Waals surface area contributed by atoms with Crippen molar-refractivity contribution in [3.05, 3.63) is 127 Å². The monoisotopic (exact) mass is 492 g/mol. The van der Waals surface area contributed by atoms with Crippen molar-refractivity contribution in [3.8, 4) is 0 Å². The normalized spacial score (nSPS) is 12.1. The predicted molar refractivity (Wildman–Crippen MR) is 138 cm³/mol. The molecule has 0 fully saturated rings. The number of methoxy groups -OCH3 is 1. The fourth-order valence-electron chi connectivity index (χ4n) is 4.52. The molecular formula is C27H26BrO2P. The quantitative estimate of drug-likeness (QED) is 0.305. The summed E-state index contributed by atoms with van der Waals surface area (Å²) >= 11 is 0. The van der Waals surface area contributed by atoms with Gasteiger partial charge >= 0.3 is 178 Å². The molecule has 0 radical (unpaired) electrons. The van der Waals surface area contributed by atoms with Gasteiger partial charge in [-0.15, -0.1) is 17.0 Å². The minimum absolute atomic E-state index is 0. The molecule has 0 aromatic heterocycles. The van der Waals surface area contributed by atoms with Gasteiger partial charge < -0.3 is 0 Å².